The molecule has 11 heteroatoms. The topological polar surface area (TPSA) is 165 Å². The number of hydrogen-bond acceptors (Lipinski definition) is 7. The Morgan fingerprint density at radius 2 is 1.84 bits per heavy atom. The van der Waals surface area contributed by atoms with E-state index in [1.165, 1.54) is 25.3 Å². The minimum Gasteiger partial charge on any atom is -0.493 e. The molecule has 2 heterocycles. The van der Waals surface area contributed by atoms with E-state index in [9.17, 15) is 24.6 Å². The van der Waals surface area contributed by atoms with Crippen LogP contribution >= 0.6 is 11.6 Å². The first-order valence-corrected chi connectivity index (χ1v) is 9.04. The molecule has 0 spiro atoms. The number of H-pyrrole nitrogens is 1. The number of nitrogens with two attached hydrogens (primary N) is 1. The standard InChI is InChI=1S/C20H16ClN3O7/c1-30-12-6-10(3-4-11(12)31-8-9-2-5-13(21)23-7-9)14-15(19(26)27)17(22)24-18(25)16(14)20(28)29/h2-7H,8H2,1H3,(H,26,27)(H,28,29)(H3,22,24,25). The number of rotatable bonds is 7. The van der Waals surface area contributed by atoms with Crippen molar-refractivity contribution in [2.45, 2.75) is 6.61 Å². The Hall–Kier alpha value is -4.05. The lowest BCUT2D eigenvalue weighted by Gasteiger charge is -2.15. The van der Waals surface area contributed by atoms with Gasteiger partial charge in [-0.1, -0.05) is 23.7 Å². The Kier molecular flexibility index (Phi) is 6.12. The maximum Gasteiger partial charge on any atom is 0.342 e. The van der Waals surface area contributed by atoms with E-state index in [1.807, 2.05) is 0 Å². The summed E-state index contributed by atoms with van der Waals surface area (Å²) in [7, 11) is 1.36. The number of halogens is 1. The van der Waals surface area contributed by atoms with E-state index in [1.54, 1.807) is 18.3 Å². The van der Waals surface area contributed by atoms with E-state index in [0.29, 0.717) is 10.9 Å². The number of hydrogen-bond donors (Lipinski definition) is 4. The summed E-state index contributed by atoms with van der Waals surface area (Å²) in [6.07, 6.45) is 1.54. The molecule has 0 aliphatic carbocycles. The number of carbonyl (C=O) groups is 2. The van der Waals surface area contributed by atoms with Crippen LogP contribution in [-0.2, 0) is 6.61 Å². The average Bonchev–Trinajstić information content (AvgIpc) is 2.72. The van der Waals surface area contributed by atoms with E-state index in [2.05, 4.69) is 9.97 Å². The van der Waals surface area contributed by atoms with Crippen molar-refractivity contribution in [2.24, 2.45) is 0 Å². The highest BCUT2D eigenvalue weighted by molar-refractivity contribution is 6.29. The van der Waals surface area contributed by atoms with Crippen LogP contribution in [0.5, 0.6) is 11.5 Å². The predicted molar refractivity (Wildman–Crippen MR) is 111 cm³/mol. The van der Waals surface area contributed by atoms with Crippen LogP contribution in [0.2, 0.25) is 5.15 Å². The van der Waals surface area contributed by atoms with Crippen molar-refractivity contribution in [2.75, 3.05) is 12.8 Å². The molecule has 0 amide bonds. The second-order valence-corrected chi connectivity index (χ2v) is 6.63. The number of aromatic carboxylic acids is 2. The molecule has 0 aliphatic rings. The van der Waals surface area contributed by atoms with Gasteiger partial charge >= 0.3 is 11.9 Å². The van der Waals surface area contributed by atoms with Crippen LogP contribution < -0.4 is 20.8 Å². The van der Waals surface area contributed by atoms with Crippen molar-refractivity contribution in [3.63, 3.8) is 0 Å². The number of anilines is 1. The Labute approximate surface area is 179 Å². The Morgan fingerprint density at radius 1 is 1.13 bits per heavy atom. The first-order valence-electron chi connectivity index (χ1n) is 8.67. The second kappa shape index (κ2) is 8.76. The molecule has 0 bridgehead atoms. The molecule has 160 valence electrons. The van der Waals surface area contributed by atoms with Gasteiger partial charge in [0.25, 0.3) is 5.56 Å². The minimum atomic E-state index is -1.60. The molecule has 0 radical (unpaired) electrons. The van der Waals surface area contributed by atoms with Gasteiger partial charge in [0.05, 0.1) is 7.11 Å². The molecular formula is C20H16ClN3O7. The summed E-state index contributed by atoms with van der Waals surface area (Å²) >= 11 is 5.76. The van der Waals surface area contributed by atoms with Crippen LogP contribution in [-0.4, -0.2) is 39.2 Å². The van der Waals surface area contributed by atoms with Crippen molar-refractivity contribution in [1.29, 1.82) is 0 Å². The summed E-state index contributed by atoms with van der Waals surface area (Å²) in [5.41, 5.74) is 3.82. The average molecular weight is 446 g/mol. The zero-order valence-corrected chi connectivity index (χ0v) is 16.8. The van der Waals surface area contributed by atoms with Crippen molar-refractivity contribution in [3.8, 4) is 22.6 Å². The minimum absolute atomic E-state index is 0.102. The van der Waals surface area contributed by atoms with Crippen LogP contribution in [0.3, 0.4) is 0 Å². The number of carboxylic acid groups (broad SMARTS) is 2. The molecule has 1 aromatic carbocycles. The summed E-state index contributed by atoms with van der Waals surface area (Å²) in [5.74, 6) is -3.08. The Balaban J connectivity index is 2.08. The molecule has 0 unspecified atom stereocenters. The fourth-order valence-corrected chi connectivity index (χ4v) is 3.04. The third kappa shape index (κ3) is 4.43. The zero-order chi connectivity index (χ0) is 22.7. The number of aromatic nitrogens is 2. The fourth-order valence-electron chi connectivity index (χ4n) is 2.93. The van der Waals surface area contributed by atoms with Crippen molar-refractivity contribution >= 4 is 29.4 Å². The lowest BCUT2D eigenvalue weighted by molar-refractivity contribution is 0.0695. The number of pyridine rings is 2. The summed E-state index contributed by atoms with van der Waals surface area (Å²) in [5, 5.41) is 19.4. The lowest BCUT2D eigenvalue weighted by atomic mass is 9.95. The summed E-state index contributed by atoms with van der Waals surface area (Å²) in [4.78, 5) is 41.6. The Bertz CT molecular complexity index is 1220. The van der Waals surface area contributed by atoms with Crippen LogP contribution in [0.1, 0.15) is 26.3 Å². The first kappa shape index (κ1) is 21.7. The second-order valence-electron chi connectivity index (χ2n) is 6.25. The van der Waals surface area contributed by atoms with E-state index in [-0.39, 0.29) is 23.5 Å². The predicted octanol–water partition coefficient (Wildman–Crippen LogP) is 2.66. The Morgan fingerprint density at radius 3 is 2.42 bits per heavy atom. The quantitative estimate of drug-likeness (QED) is 0.400. The summed E-state index contributed by atoms with van der Waals surface area (Å²) in [6.45, 7) is 0.137. The molecule has 0 saturated carbocycles. The highest BCUT2D eigenvalue weighted by atomic mass is 35.5. The molecule has 0 atom stereocenters. The van der Waals surface area contributed by atoms with Crippen LogP contribution in [0.25, 0.3) is 11.1 Å². The maximum atomic E-state index is 12.2. The molecule has 31 heavy (non-hydrogen) atoms. The van der Waals surface area contributed by atoms with Crippen LogP contribution in [0, 0.1) is 0 Å². The van der Waals surface area contributed by atoms with Crippen LogP contribution in [0.15, 0.2) is 41.3 Å². The number of nitrogens with zero attached hydrogens (tertiary/aromatic N) is 1. The molecule has 2 aromatic heterocycles. The fraction of sp³-hybridized carbons (Fsp3) is 0.100. The third-order valence-electron chi connectivity index (χ3n) is 4.31. The number of aromatic amines is 1. The zero-order valence-electron chi connectivity index (χ0n) is 16.0. The molecule has 5 N–H and O–H groups in total. The van der Waals surface area contributed by atoms with Gasteiger partial charge in [0.2, 0.25) is 0 Å². The third-order valence-corrected chi connectivity index (χ3v) is 4.53. The lowest BCUT2D eigenvalue weighted by Crippen LogP contribution is -2.24. The van der Waals surface area contributed by atoms with E-state index < -0.39 is 34.4 Å². The molecule has 0 saturated heterocycles. The van der Waals surface area contributed by atoms with Crippen LogP contribution in [0.4, 0.5) is 5.82 Å². The number of nitrogen functional groups attached to an aromatic ring is 1. The molecule has 3 rings (SSSR count). The number of benzene rings is 1. The highest BCUT2D eigenvalue weighted by Gasteiger charge is 2.27. The molecule has 0 aliphatic heterocycles. The van der Waals surface area contributed by atoms with E-state index in [4.69, 9.17) is 26.8 Å². The largest absolute Gasteiger partial charge is 0.493 e. The van der Waals surface area contributed by atoms with Crippen molar-refractivity contribution in [3.05, 3.63) is 68.7 Å². The monoisotopic (exact) mass is 445 g/mol. The van der Waals surface area contributed by atoms with E-state index in [0.717, 1.165) is 5.56 Å². The van der Waals surface area contributed by atoms with E-state index >= 15 is 0 Å². The van der Waals surface area contributed by atoms with Gasteiger partial charge in [0, 0.05) is 17.3 Å². The van der Waals surface area contributed by atoms with Gasteiger partial charge in [0.1, 0.15) is 28.7 Å². The first-order chi connectivity index (χ1) is 14.7. The molecular weight excluding hydrogens is 430 g/mol. The molecule has 3 aromatic rings. The van der Waals surface area contributed by atoms with Gasteiger partial charge in [-0.3, -0.25) is 4.79 Å². The van der Waals surface area contributed by atoms with Gasteiger partial charge in [-0.25, -0.2) is 14.6 Å². The van der Waals surface area contributed by atoms with Gasteiger partial charge in [-0.15, -0.1) is 0 Å². The summed E-state index contributed by atoms with van der Waals surface area (Å²) < 4.78 is 11.0. The number of methoxy groups -OCH3 is 1. The summed E-state index contributed by atoms with van der Waals surface area (Å²) in [6, 6.07) is 7.58. The number of ether oxygens (including phenoxy) is 2. The van der Waals surface area contributed by atoms with Gasteiger partial charge in [0.15, 0.2) is 11.5 Å². The van der Waals surface area contributed by atoms with Gasteiger partial charge in [-0.05, 0) is 23.8 Å². The smallest absolute Gasteiger partial charge is 0.342 e. The molecule has 10 nitrogen and oxygen atoms in total. The maximum absolute atomic E-state index is 12.2. The van der Waals surface area contributed by atoms with Crippen molar-refractivity contribution in [1.82, 2.24) is 9.97 Å². The van der Waals surface area contributed by atoms with Gasteiger partial charge in [-0.2, -0.15) is 0 Å². The molecule has 0 fully saturated rings. The SMILES string of the molecule is COc1cc(-c2c(C(=O)O)c(N)[nH]c(=O)c2C(=O)O)ccc1OCc1ccc(Cl)nc1. The normalized spacial score (nSPS) is 10.5. The van der Waals surface area contributed by atoms with Gasteiger partial charge < -0.3 is 30.4 Å². The number of carboxylic acids is 2. The highest BCUT2D eigenvalue weighted by Crippen LogP contribution is 2.36. The number of nitrogens with one attached hydrogen (secondary N) is 1. The van der Waals surface area contributed by atoms with Crippen molar-refractivity contribution < 1.29 is 29.3 Å².